The summed E-state index contributed by atoms with van der Waals surface area (Å²) in [5, 5.41) is 8.85. The van der Waals surface area contributed by atoms with E-state index in [0.717, 1.165) is 0 Å². The highest BCUT2D eigenvalue weighted by atomic mass is 35.5. The molecule has 1 heterocycles. The topological polar surface area (TPSA) is 79.5 Å². The Morgan fingerprint density at radius 2 is 2.19 bits per heavy atom. The van der Waals surface area contributed by atoms with Crippen molar-refractivity contribution >= 4 is 34.8 Å². The molecule has 2 amide bonds. The van der Waals surface area contributed by atoms with Crippen LogP contribution in [-0.4, -0.2) is 30.5 Å². The molecule has 0 fully saturated rings. The number of hydrogen-bond acceptors (Lipinski definition) is 4. The molecule has 0 bridgehead atoms. The molecule has 0 saturated heterocycles. The quantitative estimate of drug-likeness (QED) is 0.794. The number of rotatable bonds is 4. The lowest BCUT2D eigenvalue weighted by atomic mass is 10.0. The first kappa shape index (κ1) is 15.6. The van der Waals surface area contributed by atoms with Crippen LogP contribution in [0, 0.1) is 0 Å². The lowest BCUT2D eigenvalue weighted by Crippen LogP contribution is -2.49. The van der Waals surface area contributed by atoms with Crippen molar-refractivity contribution in [2.75, 3.05) is 23.8 Å². The van der Waals surface area contributed by atoms with Crippen LogP contribution in [0.5, 0.6) is 5.75 Å². The summed E-state index contributed by atoms with van der Waals surface area (Å²) in [4.78, 5) is 23.5. The van der Waals surface area contributed by atoms with E-state index in [4.69, 9.17) is 16.3 Å². The maximum atomic E-state index is 12.3. The third-order valence-electron chi connectivity index (χ3n) is 3.14. The van der Waals surface area contributed by atoms with E-state index < -0.39 is 5.54 Å². The van der Waals surface area contributed by atoms with Crippen LogP contribution in [0.2, 0.25) is 5.02 Å². The number of likely N-dealkylation sites (N-methyl/N-ethyl adjacent to an activating group) is 1. The maximum Gasteiger partial charge on any atom is 0.262 e. The summed E-state index contributed by atoms with van der Waals surface area (Å²) in [6, 6.07) is 3.17. The zero-order valence-corrected chi connectivity index (χ0v) is 12.9. The third kappa shape index (κ3) is 3.46. The normalized spacial score (nSPS) is 14.0. The molecule has 0 radical (unpaired) electrons. The smallest absolute Gasteiger partial charge is 0.262 e. The number of amides is 2. The van der Waals surface area contributed by atoms with E-state index in [-0.39, 0.29) is 18.4 Å². The van der Waals surface area contributed by atoms with Gasteiger partial charge in [0.15, 0.2) is 6.61 Å². The molecule has 6 nitrogen and oxygen atoms in total. The predicted molar refractivity (Wildman–Crippen MR) is 82.0 cm³/mol. The fraction of sp³-hybridized carbons (Fsp3) is 0.429. The highest BCUT2D eigenvalue weighted by Gasteiger charge is 2.27. The van der Waals surface area contributed by atoms with Crippen LogP contribution in [0.3, 0.4) is 0 Å². The van der Waals surface area contributed by atoms with Gasteiger partial charge in [0.05, 0.1) is 21.9 Å². The number of anilines is 2. The number of carbonyl (C=O) groups is 2. The van der Waals surface area contributed by atoms with Crippen LogP contribution in [0.4, 0.5) is 11.4 Å². The molecule has 0 aliphatic carbocycles. The first-order chi connectivity index (χ1) is 9.83. The first-order valence-corrected chi connectivity index (χ1v) is 7.04. The van der Waals surface area contributed by atoms with Gasteiger partial charge in [-0.25, -0.2) is 0 Å². The molecule has 1 aliphatic heterocycles. The minimum absolute atomic E-state index is 0.0507. The number of nitrogens with one attached hydrogen (secondary N) is 3. The highest BCUT2D eigenvalue weighted by Crippen LogP contribution is 2.36. The summed E-state index contributed by atoms with van der Waals surface area (Å²) in [5.41, 5.74) is 0.228. The van der Waals surface area contributed by atoms with E-state index in [2.05, 4.69) is 16.0 Å². The Bertz CT molecular complexity index is 587. The minimum atomic E-state index is -0.719. The number of benzene rings is 1. The minimum Gasteiger partial charge on any atom is -0.482 e. The molecular weight excluding hydrogens is 294 g/mol. The van der Waals surface area contributed by atoms with Gasteiger partial charge in [-0.2, -0.15) is 0 Å². The van der Waals surface area contributed by atoms with E-state index in [0.29, 0.717) is 28.7 Å². The molecule has 114 valence electrons. The number of hydrogen-bond donors (Lipinski definition) is 3. The van der Waals surface area contributed by atoms with Crippen LogP contribution >= 0.6 is 11.6 Å². The summed E-state index contributed by atoms with van der Waals surface area (Å²) in [5.74, 6) is 0.0465. The monoisotopic (exact) mass is 311 g/mol. The van der Waals surface area contributed by atoms with Gasteiger partial charge in [-0.15, -0.1) is 0 Å². The Balaban J connectivity index is 2.22. The standard InChI is InChI=1S/C14H18ClN3O3/c1-4-16-14(2,3)13(20)18-9-6-11-10(5-8(9)15)17-12(19)7-21-11/h5-6,16H,4,7H2,1-3H3,(H,17,19)(H,18,20). The molecule has 0 aromatic heterocycles. The zero-order valence-electron chi connectivity index (χ0n) is 12.2. The van der Waals surface area contributed by atoms with Gasteiger partial charge in [-0.05, 0) is 26.5 Å². The molecule has 0 spiro atoms. The Kier molecular flexibility index (Phi) is 4.39. The van der Waals surface area contributed by atoms with Gasteiger partial charge < -0.3 is 20.7 Å². The van der Waals surface area contributed by atoms with Gasteiger partial charge in [0, 0.05) is 6.07 Å². The Hall–Kier alpha value is -1.79. The summed E-state index contributed by atoms with van der Waals surface area (Å²) in [7, 11) is 0. The van der Waals surface area contributed by atoms with Crippen LogP contribution < -0.4 is 20.7 Å². The van der Waals surface area contributed by atoms with Gasteiger partial charge in [-0.1, -0.05) is 18.5 Å². The zero-order chi connectivity index (χ0) is 15.6. The molecule has 0 saturated carbocycles. The molecule has 21 heavy (non-hydrogen) atoms. The van der Waals surface area contributed by atoms with E-state index in [1.165, 1.54) is 0 Å². The van der Waals surface area contributed by atoms with Crippen LogP contribution in [0.25, 0.3) is 0 Å². The SMILES string of the molecule is CCNC(C)(C)C(=O)Nc1cc2c(cc1Cl)NC(=O)CO2. The maximum absolute atomic E-state index is 12.3. The summed E-state index contributed by atoms with van der Waals surface area (Å²) < 4.78 is 5.31. The fourth-order valence-electron chi connectivity index (χ4n) is 2.00. The fourth-order valence-corrected chi connectivity index (χ4v) is 2.21. The number of ether oxygens (including phenoxy) is 1. The van der Waals surface area contributed by atoms with Crippen molar-refractivity contribution in [3.8, 4) is 5.75 Å². The Morgan fingerprint density at radius 3 is 2.86 bits per heavy atom. The molecule has 2 rings (SSSR count). The van der Waals surface area contributed by atoms with Crippen molar-refractivity contribution in [2.45, 2.75) is 26.3 Å². The predicted octanol–water partition coefficient (Wildman–Crippen LogP) is 2.00. The molecule has 1 aromatic carbocycles. The van der Waals surface area contributed by atoms with E-state index in [9.17, 15) is 9.59 Å². The molecule has 1 aliphatic rings. The van der Waals surface area contributed by atoms with Crippen LogP contribution in [0.15, 0.2) is 12.1 Å². The second-order valence-electron chi connectivity index (χ2n) is 5.27. The van der Waals surface area contributed by atoms with Gasteiger partial charge in [-0.3, -0.25) is 9.59 Å². The van der Waals surface area contributed by atoms with Crippen LogP contribution in [0.1, 0.15) is 20.8 Å². The van der Waals surface area contributed by atoms with Crippen molar-refractivity contribution in [1.29, 1.82) is 0 Å². The number of fused-ring (bicyclic) bond motifs is 1. The van der Waals surface area contributed by atoms with Gasteiger partial charge in [0.1, 0.15) is 5.75 Å². The molecule has 3 N–H and O–H groups in total. The second-order valence-corrected chi connectivity index (χ2v) is 5.68. The van der Waals surface area contributed by atoms with E-state index in [1.807, 2.05) is 6.92 Å². The molecule has 1 aromatic rings. The Morgan fingerprint density at radius 1 is 1.48 bits per heavy atom. The van der Waals surface area contributed by atoms with Crippen molar-refractivity contribution < 1.29 is 14.3 Å². The third-order valence-corrected chi connectivity index (χ3v) is 3.45. The van der Waals surface area contributed by atoms with Gasteiger partial charge >= 0.3 is 0 Å². The number of carbonyl (C=O) groups excluding carboxylic acids is 2. The number of halogens is 1. The van der Waals surface area contributed by atoms with Crippen molar-refractivity contribution in [2.24, 2.45) is 0 Å². The lowest BCUT2D eigenvalue weighted by Gasteiger charge is -2.25. The molecule has 0 atom stereocenters. The Labute approximate surface area is 128 Å². The van der Waals surface area contributed by atoms with Crippen molar-refractivity contribution in [1.82, 2.24) is 5.32 Å². The van der Waals surface area contributed by atoms with Crippen LogP contribution in [-0.2, 0) is 9.59 Å². The average Bonchev–Trinajstić information content (AvgIpc) is 2.39. The van der Waals surface area contributed by atoms with Gasteiger partial charge in [0.2, 0.25) is 5.91 Å². The molecule has 0 unspecified atom stereocenters. The summed E-state index contributed by atoms with van der Waals surface area (Å²) >= 11 is 6.14. The average molecular weight is 312 g/mol. The molecule has 7 heteroatoms. The largest absolute Gasteiger partial charge is 0.482 e. The van der Waals surface area contributed by atoms with Gasteiger partial charge in [0.25, 0.3) is 5.91 Å². The van der Waals surface area contributed by atoms with Crippen molar-refractivity contribution in [3.05, 3.63) is 17.2 Å². The lowest BCUT2D eigenvalue weighted by molar-refractivity contribution is -0.121. The second kappa shape index (κ2) is 5.91. The first-order valence-electron chi connectivity index (χ1n) is 6.66. The molecular formula is C14H18ClN3O3. The van der Waals surface area contributed by atoms with E-state index >= 15 is 0 Å². The highest BCUT2D eigenvalue weighted by molar-refractivity contribution is 6.34. The van der Waals surface area contributed by atoms with Crippen molar-refractivity contribution in [3.63, 3.8) is 0 Å². The van der Waals surface area contributed by atoms with E-state index in [1.54, 1.807) is 26.0 Å². The summed E-state index contributed by atoms with van der Waals surface area (Å²) in [6.07, 6.45) is 0. The summed E-state index contributed by atoms with van der Waals surface area (Å²) in [6.45, 7) is 6.12.